The van der Waals surface area contributed by atoms with Crippen LogP contribution in [0.15, 0.2) is 72.8 Å². The minimum Gasteiger partial charge on any atom is -0.497 e. The van der Waals surface area contributed by atoms with E-state index in [0.717, 1.165) is 0 Å². The molecule has 0 fully saturated rings. The molecular weight excluding hydrogens is 375 g/mol. The number of anilines is 2. The van der Waals surface area contributed by atoms with Crippen LogP contribution in [-0.2, 0) is 4.79 Å². The molecule has 0 spiro atoms. The molecule has 0 radical (unpaired) electrons. The van der Waals surface area contributed by atoms with Crippen LogP contribution in [0.25, 0.3) is 0 Å². The van der Waals surface area contributed by atoms with Crippen LogP contribution >= 0.6 is 0 Å². The fourth-order valence-corrected chi connectivity index (χ4v) is 2.57. The number of amides is 2. The number of carbonyl (C=O) groups excluding carboxylic acids is 2. The lowest BCUT2D eigenvalue weighted by molar-refractivity contribution is -0.118. The number of hydrogen-bond donors (Lipinski definition) is 2. The van der Waals surface area contributed by atoms with Gasteiger partial charge in [-0.15, -0.1) is 0 Å². The van der Waals surface area contributed by atoms with E-state index in [1.165, 1.54) is 25.3 Å². The zero-order valence-electron chi connectivity index (χ0n) is 15.6. The topological polar surface area (TPSA) is 76.7 Å². The van der Waals surface area contributed by atoms with Crippen molar-refractivity contribution in [1.82, 2.24) is 0 Å². The van der Waals surface area contributed by atoms with Crippen LogP contribution in [0, 0.1) is 5.82 Å². The van der Waals surface area contributed by atoms with Gasteiger partial charge in [-0.1, -0.05) is 30.3 Å². The maximum atomic E-state index is 13.6. The quantitative estimate of drug-likeness (QED) is 0.632. The van der Waals surface area contributed by atoms with Crippen LogP contribution in [-0.4, -0.2) is 25.5 Å². The van der Waals surface area contributed by atoms with Crippen molar-refractivity contribution in [3.63, 3.8) is 0 Å². The highest BCUT2D eigenvalue weighted by atomic mass is 19.1. The first-order valence-corrected chi connectivity index (χ1v) is 8.78. The molecule has 0 heterocycles. The van der Waals surface area contributed by atoms with E-state index in [1.807, 2.05) is 0 Å². The van der Waals surface area contributed by atoms with E-state index in [9.17, 15) is 14.0 Å². The third-order valence-corrected chi connectivity index (χ3v) is 3.97. The number of halogens is 1. The molecule has 0 aliphatic rings. The second kappa shape index (κ2) is 9.36. The van der Waals surface area contributed by atoms with Crippen LogP contribution in [0.3, 0.4) is 0 Å². The molecule has 0 bridgehead atoms. The van der Waals surface area contributed by atoms with Crippen LogP contribution in [0.4, 0.5) is 15.8 Å². The molecule has 2 N–H and O–H groups in total. The Morgan fingerprint density at radius 1 is 0.931 bits per heavy atom. The second-order valence-electron chi connectivity index (χ2n) is 6.00. The number of para-hydroxylation sites is 2. The standard InChI is InChI=1S/C22H19FN2O4/c1-28-16-8-6-7-15(13-16)24-22(27)17-9-2-5-12-20(17)29-14-21(26)25-19-11-4-3-10-18(19)23/h2-13H,14H2,1H3,(H,24,27)(H,25,26). The molecule has 0 aromatic heterocycles. The second-order valence-corrected chi connectivity index (χ2v) is 6.00. The largest absolute Gasteiger partial charge is 0.497 e. The first kappa shape index (κ1) is 19.9. The summed E-state index contributed by atoms with van der Waals surface area (Å²) < 4.78 is 24.3. The number of methoxy groups -OCH3 is 1. The van der Waals surface area contributed by atoms with Crippen molar-refractivity contribution in [2.45, 2.75) is 0 Å². The normalized spacial score (nSPS) is 10.1. The predicted molar refractivity (Wildman–Crippen MR) is 108 cm³/mol. The van der Waals surface area contributed by atoms with Gasteiger partial charge in [0.05, 0.1) is 18.4 Å². The molecule has 0 atom stereocenters. The highest BCUT2D eigenvalue weighted by molar-refractivity contribution is 6.06. The SMILES string of the molecule is COc1cccc(NC(=O)c2ccccc2OCC(=O)Nc2ccccc2F)c1. The summed E-state index contributed by atoms with van der Waals surface area (Å²) >= 11 is 0. The van der Waals surface area contributed by atoms with Crippen LogP contribution in [0.2, 0.25) is 0 Å². The lowest BCUT2D eigenvalue weighted by atomic mass is 10.2. The van der Waals surface area contributed by atoms with Gasteiger partial charge in [-0.25, -0.2) is 4.39 Å². The summed E-state index contributed by atoms with van der Waals surface area (Å²) in [4.78, 5) is 24.7. The molecule has 2 amide bonds. The fraction of sp³-hybridized carbons (Fsp3) is 0.0909. The van der Waals surface area contributed by atoms with E-state index in [-0.39, 0.29) is 23.6 Å². The number of ether oxygens (including phenoxy) is 2. The Bertz CT molecular complexity index is 1020. The molecule has 148 valence electrons. The lowest BCUT2D eigenvalue weighted by Gasteiger charge is -2.12. The molecule has 0 aliphatic heterocycles. The molecule has 29 heavy (non-hydrogen) atoms. The Morgan fingerprint density at radius 2 is 1.69 bits per heavy atom. The number of carbonyl (C=O) groups is 2. The first-order chi connectivity index (χ1) is 14.1. The monoisotopic (exact) mass is 394 g/mol. The van der Waals surface area contributed by atoms with Crippen molar-refractivity contribution >= 4 is 23.2 Å². The zero-order chi connectivity index (χ0) is 20.6. The van der Waals surface area contributed by atoms with E-state index >= 15 is 0 Å². The van der Waals surface area contributed by atoms with E-state index in [1.54, 1.807) is 54.6 Å². The highest BCUT2D eigenvalue weighted by Gasteiger charge is 2.14. The number of benzene rings is 3. The van der Waals surface area contributed by atoms with E-state index in [4.69, 9.17) is 9.47 Å². The summed E-state index contributed by atoms with van der Waals surface area (Å²) in [6.45, 7) is -0.377. The van der Waals surface area contributed by atoms with Gasteiger partial charge in [0.2, 0.25) is 0 Å². The Kier molecular flexibility index (Phi) is 6.42. The molecule has 0 unspecified atom stereocenters. The minimum absolute atomic E-state index is 0.0603. The van der Waals surface area contributed by atoms with Gasteiger partial charge in [0.15, 0.2) is 6.61 Å². The summed E-state index contributed by atoms with van der Waals surface area (Å²) in [5.41, 5.74) is 0.876. The average Bonchev–Trinajstić information content (AvgIpc) is 2.74. The zero-order valence-corrected chi connectivity index (χ0v) is 15.6. The highest BCUT2D eigenvalue weighted by Crippen LogP contribution is 2.22. The number of rotatable bonds is 7. The molecule has 3 rings (SSSR count). The third kappa shape index (κ3) is 5.32. The number of nitrogens with one attached hydrogen (secondary N) is 2. The van der Waals surface area contributed by atoms with Gasteiger partial charge >= 0.3 is 0 Å². The molecule has 7 heteroatoms. The predicted octanol–water partition coefficient (Wildman–Crippen LogP) is 4.10. The molecule has 3 aromatic carbocycles. The van der Waals surface area contributed by atoms with Crippen molar-refractivity contribution in [1.29, 1.82) is 0 Å². The Labute approximate surface area is 167 Å². The van der Waals surface area contributed by atoms with Gasteiger partial charge in [-0.2, -0.15) is 0 Å². The molecule has 3 aromatic rings. The lowest BCUT2D eigenvalue weighted by Crippen LogP contribution is -2.22. The summed E-state index contributed by atoms with van der Waals surface area (Å²) in [5.74, 6) is -0.644. The Balaban J connectivity index is 1.66. The molecule has 0 saturated heterocycles. The Morgan fingerprint density at radius 3 is 2.48 bits per heavy atom. The maximum Gasteiger partial charge on any atom is 0.262 e. The maximum absolute atomic E-state index is 13.6. The summed E-state index contributed by atoms with van der Waals surface area (Å²) in [7, 11) is 1.54. The van der Waals surface area contributed by atoms with Gasteiger partial charge in [-0.3, -0.25) is 9.59 Å². The summed E-state index contributed by atoms with van der Waals surface area (Å²) in [5, 5.41) is 5.19. The minimum atomic E-state index is -0.543. The van der Waals surface area contributed by atoms with Gasteiger partial charge in [-0.05, 0) is 36.4 Å². The van der Waals surface area contributed by atoms with Crippen molar-refractivity contribution in [3.8, 4) is 11.5 Å². The molecule has 0 aliphatic carbocycles. The van der Waals surface area contributed by atoms with Gasteiger partial charge in [0.25, 0.3) is 11.8 Å². The van der Waals surface area contributed by atoms with E-state index < -0.39 is 17.6 Å². The Hall–Kier alpha value is -3.87. The molecule has 0 saturated carbocycles. The van der Waals surface area contributed by atoms with E-state index in [2.05, 4.69) is 10.6 Å². The van der Waals surface area contributed by atoms with Gasteiger partial charge in [0.1, 0.15) is 17.3 Å². The molecule has 6 nitrogen and oxygen atoms in total. The van der Waals surface area contributed by atoms with Crippen LogP contribution in [0.1, 0.15) is 10.4 Å². The van der Waals surface area contributed by atoms with Crippen LogP contribution in [0.5, 0.6) is 11.5 Å². The summed E-state index contributed by atoms with van der Waals surface area (Å²) in [6.07, 6.45) is 0. The van der Waals surface area contributed by atoms with Crippen molar-refractivity contribution in [3.05, 3.63) is 84.2 Å². The van der Waals surface area contributed by atoms with Gasteiger partial charge in [0, 0.05) is 11.8 Å². The van der Waals surface area contributed by atoms with Gasteiger partial charge < -0.3 is 20.1 Å². The van der Waals surface area contributed by atoms with Crippen LogP contribution < -0.4 is 20.1 Å². The van der Waals surface area contributed by atoms with Crippen molar-refractivity contribution < 1.29 is 23.5 Å². The fourth-order valence-electron chi connectivity index (χ4n) is 2.57. The number of hydrogen-bond acceptors (Lipinski definition) is 4. The first-order valence-electron chi connectivity index (χ1n) is 8.78. The molecular formula is C22H19FN2O4. The van der Waals surface area contributed by atoms with E-state index in [0.29, 0.717) is 11.4 Å². The van der Waals surface area contributed by atoms with Crippen molar-refractivity contribution in [2.24, 2.45) is 0 Å². The average molecular weight is 394 g/mol. The summed E-state index contributed by atoms with van der Waals surface area (Å²) in [6, 6.07) is 19.3. The van der Waals surface area contributed by atoms with Crippen molar-refractivity contribution in [2.75, 3.05) is 24.4 Å². The third-order valence-electron chi connectivity index (χ3n) is 3.97. The smallest absolute Gasteiger partial charge is 0.262 e.